The molecule has 0 saturated carbocycles. The highest BCUT2D eigenvalue weighted by molar-refractivity contribution is 6.19. The molecule has 0 N–H and O–H groups in total. The standard InChI is InChI=1S/C10H6ClNO4/c11-7-1-2-10(13)16-9-5-3-8(4-6-9)12(14)15/h3-6H,7H2. The molecule has 0 saturated heterocycles. The summed E-state index contributed by atoms with van der Waals surface area (Å²) in [6.45, 7) is 0. The molecule has 0 spiro atoms. The summed E-state index contributed by atoms with van der Waals surface area (Å²) in [7, 11) is 0. The van der Waals surface area contributed by atoms with Gasteiger partial charge in [0.25, 0.3) is 5.69 Å². The van der Waals surface area contributed by atoms with Gasteiger partial charge in [-0.1, -0.05) is 5.92 Å². The molecule has 1 rings (SSSR count). The number of hydrogen-bond donors (Lipinski definition) is 0. The molecule has 0 aliphatic heterocycles. The fraction of sp³-hybridized carbons (Fsp3) is 0.100. The van der Waals surface area contributed by atoms with Crippen LogP contribution in [0.3, 0.4) is 0 Å². The van der Waals surface area contributed by atoms with Crippen molar-refractivity contribution < 1.29 is 14.5 Å². The van der Waals surface area contributed by atoms with Gasteiger partial charge in [0.1, 0.15) is 5.75 Å². The zero-order valence-electron chi connectivity index (χ0n) is 7.97. The van der Waals surface area contributed by atoms with Gasteiger partial charge in [-0.2, -0.15) is 0 Å². The highest BCUT2D eigenvalue weighted by Crippen LogP contribution is 2.17. The van der Waals surface area contributed by atoms with Crippen molar-refractivity contribution in [1.29, 1.82) is 0 Å². The van der Waals surface area contributed by atoms with Crippen LogP contribution in [0.1, 0.15) is 0 Å². The minimum Gasteiger partial charge on any atom is -0.417 e. The van der Waals surface area contributed by atoms with E-state index < -0.39 is 10.9 Å². The topological polar surface area (TPSA) is 69.4 Å². The molecule has 6 heteroatoms. The molecule has 0 unspecified atom stereocenters. The Hall–Kier alpha value is -2.06. The van der Waals surface area contributed by atoms with E-state index in [9.17, 15) is 14.9 Å². The number of alkyl halides is 1. The third kappa shape index (κ3) is 3.59. The van der Waals surface area contributed by atoms with Crippen LogP contribution in [-0.2, 0) is 4.79 Å². The first-order chi connectivity index (χ1) is 7.63. The Bertz CT molecular complexity index is 458. The molecule has 0 aromatic heterocycles. The molecule has 16 heavy (non-hydrogen) atoms. The average Bonchev–Trinajstić information content (AvgIpc) is 2.27. The normalized spacial score (nSPS) is 8.81. The van der Waals surface area contributed by atoms with Crippen molar-refractivity contribution in [3.8, 4) is 17.6 Å². The number of carbonyl (C=O) groups is 1. The van der Waals surface area contributed by atoms with Crippen molar-refractivity contribution in [2.75, 3.05) is 5.88 Å². The molecule has 5 nitrogen and oxygen atoms in total. The molecule has 1 aromatic rings. The molecule has 82 valence electrons. The van der Waals surface area contributed by atoms with Gasteiger partial charge >= 0.3 is 5.97 Å². The molecular weight excluding hydrogens is 234 g/mol. The van der Waals surface area contributed by atoms with E-state index in [1.807, 2.05) is 0 Å². The van der Waals surface area contributed by atoms with Crippen LogP contribution in [0, 0.1) is 22.0 Å². The first kappa shape index (κ1) is 12.0. The number of nitrogens with zero attached hydrogens (tertiary/aromatic N) is 1. The largest absolute Gasteiger partial charge is 0.417 e. The second-order valence-corrected chi connectivity index (χ2v) is 2.84. The Morgan fingerprint density at radius 1 is 1.44 bits per heavy atom. The average molecular weight is 240 g/mol. The number of nitro benzene ring substituents is 1. The minimum atomic E-state index is -0.755. The number of halogens is 1. The molecule has 0 amide bonds. The predicted molar refractivity (Wildman–Crippen MR) is 57.2 cm³/mol. The third-order valence-corrected chi connectivity index (χ3v) is 1.65. The Morgan fingerprint density at radius 3 is 2.56 bits per heavy atom. The van der Waals surface area contributed by atoms with Crippen molar-refractivity contribution in [3.63, 3.8) is 0 Å². The Morgan fingerprint density at radius 2 is 2.06 bits per heavy atom. The van der Waals surface area contributed by atoms with Crippen molar-refractivity contribution in [2.45, 2.75) is 0 Å². The summed E-state index contributed by atoms with van der Waals surface area (Å²) >= 11 is 5.25. The van der Waals surface area contributed by atoms with Crippen LogP contribution in [0.25, 0.3) is 0 Å². The van der Waals surface area contributed by atoms with E-state index in [1.54, 1.807) is 0 Å². The lowest BCUT2D eigenvalue weighted by molar-refractivity contribution is -0.384. The first-order valence-corrected chi connectivity index (χ1v) is 4.68. The molecule has 0 bridgehead atoms. The van der Waals surface area contributed by atoms with Gasteiger partial charge in [0.2, 0.25) is 0 Å². The summed E-state index contributed by atoms with van der Waals surface area (Å²) in [4.78, 5) is 20.8. The zero-order chi connectivity index (χ0) is 12.0. The lowest BCUT2D eigenvalue weighted by atomic mass is 10.3. The zero-order valence-corrected chi connectivity index (χ0v) is 8.73. The summed E-state index contributed by atoms with van der Waals surface area (Å²) in [6.07, 6.45) is 0. The molecule has 0 aliphatic carbocycles. The van der Waals surface area contributed by atoms with E-state index in [0.29, 0.717) is 0 Å². The number of rotatable bonds is 2. The maximum Gasteiger partial charge on any atom is 0.389 e. The van der Waals surface area contributed by atoms with Crippen LogP contribution in [0.5, 0.6) is 5.75 Å². The van der Waals surface area contributed by atoms with E-state index in [0.717, 1.165) is 0 Å². The number of ether oxygens (including phenoxy) is 1. The number of carbonyl (C=O) groups excluding carboxylic acids is 1. The Kier molecular flexibility index (Phi) is 4.30. The quantitative estimate of drug-likeness (QED) is 0.150. The van der Waals surface area contributed by atoms with Crippen LogP contribution in [-0.4, -0.2) is 16.8 Å². The summed E-state index contributed by atoms with van der Waals surface area (Å²) in [5.74, 6) is 3.95. The highest BCUT2D eigenvalue weighted by Gasteiger charge is 2.06. The third-order valence-electron chi connectivity index (χ3n) is 1.52. The summed E-state index contributed by atoms with van der Waals surface area (Å²) < 4.78 is 4.76. The maximum atomic E-state index is 11.0. The Labute approximate surface area is 96.1 Å². The lowest BCUT2D eigenvalue weighted by Gasteiger charge is -1.98. The van der Waals surface area contributed by atoms with Crippen molar-refractivity contribution in [3.05, 3.63) is 34.4 Å². The summed E-state index contributed by atoms with van der Waals surface area (Å²) in [6, 6.07) is 5.10. The van der Waals surface area contributed by atoms with E-state index in [-0.39, 0.29) is 17.3 Å². The van der Waals surface area contributed by atoms with Crippen molar-refractivity contribution in [2.24, 2.45) is 0 Å². The lowest BCUT2D eigenvalue weighted by Crippen LogP contribution is -2.04. The van der Waals surface area contributed by atoms with Gasteiger partial charge in [0.15, 0.2) is 0 Å². The molecule has 0 atom stereocenters. The van der Waals surface area contributed by atoms with Crippen LogP contribution in [0.15, 0.2) is 24.3 Å². The van der Waals surface area contributed by atoms with Gasteiger partial charge in [-0.15, -0.1) is 11.6 Å². The van der Waals surface area contributed by atoms with Crippen molar-refractivity contribution >= 4 is 23.3 Å². The monoisotopic (exact) mass is 239 g/mol. The number of nitro groups is 1. The smallest absolute Gasteiger partial charge is 0.389 e. The first-order valence-electron chi connectivity index (χ1n) is 4.14. The number of benzene rings is 1. The number of non-ortho nitro benzene ring substituents is 1. The van der Waals surface area contributed by atoms with Gasteiger partial charge < -0.3 is 4.74 Å². The van der Waals surface area contributed by atoms with Crippen LogP contribution >= 0.6 is 11.6 Å². The second-order valence-electron chi connectivity index (χ2n) is 2.58. The highest BCUT2D eigenvalue weighted by atomic mass is 35.5. The van der Waals surface area contributed by atoms with Gasteiger partial charge in [-0.05, 0) is 12.1 Å². The SMILES string of the molecule is O=C(C#CCCl)Oc1ccc([N+](=O)[O-])cc1. The fourth-order valence-corrected chi connectivity index (χ4v) is 0.941. The molecule has 0 fully saturated rings. The Balaban J connectivity index is 2.69. The minimum absolute atomic E-state index is 0.0371. The maximum absolute atomic E-state index is 11.0. The van der Waals surface area contributed by atoms with Crippen LogP contribution in [0.2, 0.25) is 0 Å². The number of esters is 1. The van der Waals surface area contributed by atoms with Gasteiger partial charge in [0.05, 0.1) is 10.8 Å². The van der Waals surface area contributed by atoms with E-state index in [1.165, 1.54) is 24.3 Å². The predicted octanol–water partition coefficient (Wildman–Crippen LogP) is 1.74. The van der Waals surface area contributed by atoms with Crippen LogP contribution in [0.4, 0.5) is 5.69 Å². The summed E-state index contributed by atoms with van der Waals surface area (Å²) in [5, 5.41) is 10.3. The molecule has 0 heterocycles. The van der Waals surface area contributed by atoms with Gasteiger partial charge in [-0.3, -0.25) is 10.1 Å². The number of hydrogen-bond acceptors (Lipinski definition) is 4. The molecule has 0 radical (unpaired) electrons. The van der Waals surface area contributed by atoms with Gasteiger partial charge in [-0.25, -0.2) is 4.79 Å². The van der Waals surface area contributed by atoms with Crippen molar-refractivity contribution in [1.82, 2.24) is 0 Å². The fourth-order valence-electron chi connectivity index (χ4n) is 0.874. The van der Waals surface area contributed by atoms with Crippen LogP contribution < -0.4 is 4.74 Å². The molecule has 0 aliphatic rings. The van der Waals surface area contributed by atoms with E-state index >= 15 is 0 Å². The van der Waals surface area contributed by atoms with E-state index in [4.69, 9.17) is 16.3 Å². The molecule has 1 aromatic carbocycles. The summed E-state index contributed by atoms with van der Waals surface area (Å²) in [5.41, 5.74) is -0.0772. The van der Waals surface area contributed by atoms with E-state index in [2.05, 4.69) is 11.8 Å². The molecular formula is C10H6ClNO4. The second kappa shape index (κ2) is 5.73. The van der Waals surface area contributed by atoms with Gasteiger partial charge in [0, 0.05) is 18.1 Å².